The van der Waals surface area contributed by atoms with Crippen LogP contribution in [-0.4, -0.2) is 30.3 Å². The van der Waals surface area contributed by atoms with Gasteiger partial charge in [-0.2, -0.15) is 0 Å². The predicted octanol–water partition coefficient (Wildman–Crippen LogP) is 3.72. The third-order valence-electron chi connectivity index (χ3n) is 4.50. The van der Waals surface area contributed by atoms with Crippen LogP contribution in [0.15, 0.2) is 53.5 Å². The minimum absolute atomic E-state index is 0.746. The van der Waals surface area contributed by atoms with Crippen molar-refractivity contribution >= 4 is 34.2 Å². The predicted molar refractivity (Wildman–Crippen MR) is 100 cm³/mol. The number of rotatable bonds is 3. The zero-order valence-corrected chi connectivity index (χ0v) is 14.4. The Balaban J connectivity index is 1.61. The molecular weight excluding hydrogens is 348 g/mol. The van der Waals surface area contributed by atoms with Crippen LogP contribution in [0.4, 0.5) is 11.5 Å². The van der Waals surface area contributed by atoms with Crippen molar-refractivity contribution < 1.29 is 5.21 Å². The molecule has 0 amide bonds. The molecule has 0 spiro atoms. The van der Waals surface area contributed by atoms with Crippen LogP contribution >= 0.6 is 11.3 Å². The molecule has 5 rings (SSSR count). The second-order valence-electron chi connectivity index (χ2n) is 5.99. The summed E-state index contributed by atoms with van der Waals surface area (Å²) in [6, 6.07) is 6.08. The SMILES string of the molecule is O/N=C1\CCc2cc(Nc3c(-c4nccs4)nc4cnccn34)ccc21. The first-order chi connectivity index (χ1) is 12.8. The van der Waals surface area contributed by atoms with Crippen molar-refractivity contribution in [1.82, 2.24) is 19.4 Å². The van der Waals surface area contributed by atoms with Crippen LogP contribution in [-0.2, 0) is 6.42 Å². The molecule has 26 heavy (non-hydrogen) atoms. The molecule has 3 aromatic heterocycles. The lowest BCUT2D eigenvalue weighted by molar-refractivity contribution is 0.318. The van der Waals surface area contributed by atoms with E-state index in [1.165, 1.54) is 5.56 Å². The average Bonchev–Trinajstić information content (AvgIpc) is 3.40. The Hall–Kier alpha value is -3.26. The molecule has 0 aliphatic heterocycles. The third-order valence-corrected chi connectivity index (χ3v) is 5.28. The summed E-state index contributed by atoms with van der Waals surface area (Å²) in [7, 11) is 0. The minimum Gasteiger partial charge on any atom is -0.411 e. The van der Waals surface area contributed by atoms with Crippen LogP contribution in [0.25, 0.3) is 16.3 Å². The Morgan fingerprint density at radius 1 is 1.23 bits per heavy atom. The summed E-state index contributed by atoms with van der Waals surface area (Å²) in [5.41, 5.74) is 5.45. The lowest BCUT2D eigenvalue weighted by atomic mass is 10.1. The van der Waals surface area contributed by atoms with Gasteiger partial charge in [0.05, 0.1) is 11.9 Å². The maximum absolute atomic E-state index is 9.10. The third kappa shape index (κ3) is 2.34. The summed E-state index contributed by atoms with van der Waals surface area (Å²) < 4.78 is 1.97. The molecule has 0 saturated heterocycles. The molecule has 0 bridgehead atoms. The first-order valence-corrected chi connectivity index (χ1v) is 9.04. The summed E-state index contributed by atoms with van der Waals surface area (Å²) in [4.78, 5) is 13.2. The van der Waals surface area contributed by atoms with Crippen molar-refractivity contribution in [1.29, 1.82) is 0 Å². The molecule has 0 radical (unpaired) electrons. The molecule has 4 aromatic rings. The van der Waals surface area contributed by atoms with E-state index in [2.05, 4.69) is 31.5 Å². The van der Waals surface area contributed by atoms with E-state index in [0.717, 1.165) is 52.0 Å². The van der Waals surface area contributed by atoms with Gasteiger partial charge in [-0.05, 0) is 30.5 Å². The molecule has 1 aliphatic rings. The average molecular weight is 362 g/mol. The molecule has 3 heterocycles. The van der Waals surface area contributed by atoms with Crippen molar-refractivity contribution in [3.05, 3.63) is 59.5 Å². The Morgan fingerprint density at radius 3 is 3.04 bits per heavy atom. The summed E-state index contributed by atoms with van der Waals surface area (Å²) >= 11 is 1.55. The molecule has 128 valence electrons. The van der Waals surface area contributed by atoms with E-state index in [-0.39, 0.29) is 0 Å². The lowest BCUT2D eigenvalue weighted by Gasteiger charge is -2.09. The molecule has 1 aliphatic carbocycles. The van der Waals surface area contributed by atoms with Gasteiger partial charge in [0, 0.05) is 35.2 Å². The number of aromatic nitrogens is 4. The second kappa shape index (κ2) is 5.92. The van der Waals surface area contributed by atoms with Gasteiger partial charge in [0.1, 0.15) is 16.5 Å². The fourth-order valence-electron chi connectivity index (χ4n) is 3.30. The monoisotopic (exact) mass is 362 g/mol. The smallest absolute Gasteiger partial charge is 0.157 e. The number of thiazole rings is 1. The highest BCUT2D eigenvalue weighted by Gasteiger charge is 2.20. The van der Waals surface area contributed by atoms with E-state index < -0.39 is 0 Å². The van der Waals surface area contributed by atoms with E-state index in [9.17, 15) is 0 Å². The first-order valence-electron chi connectivity index (χ1n) is 8.16. The van der Waals surface area contributed by atoms with Crippen LogP contribution in [0, 0.1) is 0 Å². The molecule has 0 unspecified atom stereocenters. The number of anilines is 2. The van der Waals surface area contributed by atoms with Crippen molar-refractivity contribution in [2.75, 3.05) is 5.32 Å². The summed E-state index contributed by atoms with van der Waals surface area (Å²) in [6.45, 7) is 0. The van der Waals surface area contributed by atoms with Crippen molar-refractivity contribution in [2.24, 2.45) is 5.16 Å². The van der Waals surface area contributed by atoms with E-state index in [4.69, 9.17) is 5.21 Å². The topological polar surface area (TPSA) is 87.7 Å². The van der Waals surface area contributed by atoms with Gasteiger partial charge in [-0.25, -0.2) is 9.97 Å². The minimum atomic E-state index is 0.746. The van der Waals surface area contributed by atoms with Gasteiger partial charge in [0.25, 0.3) is 0 Å². The summed E-state index contributed by atoms with van der Waals surface area (Å²) in [6.07, 6.45) is 8.76. The van der Waals surface area contributed by atoms with Gasteiger partial charge in [-0.1, -0.05) is 11.2 Å². The normalized spacial score (nSPS) is 14.8. The Bertz CT molecular complexity index is 1130. The molecule has 0 saturated carbocycles. The van der Waals surface area contributed by atoms with E-state index >= 15 is 0 Å². The van der Waals surface area contributed by atoms with Gasteiger partial charge in [-0.3, -0.25) is 9.38 Å². The van der Waals surface area contributed by atoms with Crippen LogP contribution in [0.5, 0.6) is 0 Å². The quantitative estimate of drug-likeness (QED) is 0.428. The number of hydrogen-bond acceptors (Lipinski definition) is 7. The van der Waals surface area contributed by atoms with Crippen molar-refractivity contribution in [3.63, 3.8) is 0 Å². The van der Waals surface area contributed by atoms with Gasteiger partial charge in [-0.15, -0.1) is 11.3 Å². The number of oxime groups is 1. The lowest BCUT2D eigenvalue weighted by Crippen LogP contribution is -1.99. The number of benzene rings is 1. The van der Waals surface area contributed by atoms with Gasteiger partial charge in [0.2, 0.25) is 0 Å². The van der Waals surface area contributed by atoms with Gasteiger partial charge >= 0.3 is 0 Å². The van der Waals surface area contributed by atoms with Gasteiger partial charge < -0.3 is 10.5 Å². The van der Waals surface area contributed by atoms with Crippen LogP contribution in [0.3, 0.4) is 0 Å². The summed E-state index contributed by atoms with van der Waals surface area (Å²) in [5, 5.41) is 18.8. The Labute approximate surface area is 152 Å². The first kappa shape index (κ1) is 15.0. The number of fused-ring (bicyclic) bond motifs is 2. The number of nitrogens with one attached hydrogen (secondary N) is 1. The fourth-order valence-corrected chi connectivity index (χ4v) is 3.93. The number of imidazole rings is 1. The molecule has 8 heteroatoms. The maximum atomic E-state index is 9.10. The Morgan fingerprint density at radius 2 is 2.19 bits per heavy atom. The van der Waals surface area contributed by atoms with Crippen LogP contribution < -0.4 is 5.32 Å². The van der Waals surface area contributed by atoms with Crippen molar-refractivity contribution in [2.45, 2.75) is 12.8 Å². The van der Waals surface area contributed by atoms with Gasteiger partial charge in [0.15, 0.2) is 5.65 Å². The molecule has 0 fully saturated rings. The molecule has 0 atom stereocenters. The highest BCUT2D eigenvalue weighted by atomic mass is 32.1. The van der Waals surface area contributed by atoms with E-state index in [0.29, 0.717) is 0 Å². The van der Waals surface area contributed by atoms with Crippen LogP contribution in [0.2, 0.25) is 0 Å². The molecule has 7 nitrogen and oxygen atoms in total. The second-order valence-corrected chi connectivity index (χ2v) is 6.89. The number of hydrogen-bond donors (Lipinski definition) is 2. The highest BCUT2D eigenvalue weighted by Crippen LogP contribution is 2.33. The molecule has 1 aromatic carbocycles. The molecular formula is C18H14N6OS. The summed E-state index contributed by atoms with van der Waals surface area (Å²) in [5.74, 6) is 0.853. The fraction of sp³-hybridized carbons (Fsp3) is 0.111. The largest absolute Gasteiger partial charge is 0.411 e. The number of aryl methyl sites for hydroxylation is 1. The highest BCUT2D eigenvalue weighted by molar-refractivity contribution is 7.13. The van der Waals surface area contributed by atoms with E-state index in [1.54, 1.807) is 29.9 Å². The number of nitrogens with zero attached hydrogens (tertiary/aromatic N) is 5. The van der Waals surface area contributed by atoms with Crippen LogP contribution in [0.1, 0.15) is 17.5 Å². The zero-order chi connectivity index (χ0) is 17.5. The maximum Gasteiger partial charge on any atom is 0.157 e. The van der Waals surface area contributed by atoms with Crippen molar-refractivity contribution in [3.8, 4) is 10.7 Å². The Kier molecular flexibility index (Phi) is 3.42. The zero-order valence-electron chi connectivity index (χ0n) is 13.6. The van der Waals surface area contributed by atoms with E-state index in [1.807, 2.05) is 28.1 Å². The standard InChI is InChI=1S/C18H14N6OS/c25-23-14-4-1-11-9-12(2-3-13(11)14)21-17-16(18-20-6-8-26-18)22-15-10-19-5-7-24(15)17/h2-3,5-10,21,25H,1,4H2/b23-14+. The molecule has 2 N–H and O–H groups in total.